The minimum Gasteiger partial charge on any atom is -0.365 e. The summed E-state index contributed by atoms with van der Waals surface area (Å²) in [6, 6.07) is 9.34. The van der Waals surface area contributed by atoms with Crippen LogP contribution in [0.4, 0.5) is 5.69 Å². The summed E-state index contributed by atoms with van der Waals surface area (Å²) in [5, 5.41) is 9.61. The van der Waals surface area contributed by atoms with Gasteiger partial charge >= 0.3 is 0 Å². The predicted molar refractivity (Wildman–Crippen MR) is 95.5 cm³/mol. The van der Waals surface area contributed by atoms with Crippen LogP contribution in [0.3, 0.4) is 0 Å². The standard InChI is InChI=1S/C17H22N4O2S/c18-16(23)17(21-13-9-5-2-6-10-13)19-11-14(24-17)20-15(22)12-7-3-1-4-8-12/h2,5-6,9-12,19,21H,1,3-4,7-8H2,(H2,18,23)(H,20,22). The van der Waals surface area contributed by atoms with Crippen molar-refractivity contribution < 1.29 is 9.59 Å². The molecule has 128 valence electrons. The number of amides is 2. The van der Waals surface area contributed by atoms with Crippen LogP contribution >= 0.6 is 11.8 Å². The van der Waals surface area contributed by atoms with Gasteiger partial charge in [0.25, 0.3) is 5.91 Å². The highest BCUT2D eigenvalue weighted by Crippen LogP contribution is 2.35. The molecule has 2 amide bonds. The van der Waals surface area contributed by atoms with Crippen LogP contribution in [0.25, 0.3) is 0 Å². The zero-order valence-corrected chi connectivity index (χ0v) is 14.2. The van der Waals surface area contributed by atoms with Crippen molar-refractivity contribution in [2.75, 3.05) is 5.32 Å². The van der Waals surface area contributed by atoms with Crippen LogP contribution in [0.5, 0.6) is 0 Å². The van der Waals surface area contributed by atoms with Gasteiger partial charge in [0.15, 0.2) is 0 Å². The molecular weight excluding hydrogens is 324 g/mol. The summed E-state index contributed by atoms with van der Waals surface area (Å²) in [4.78, 5) is 23.2. The van der Waals surface area contributed by atoms with E-state index >= 15 is 0 Å². The first kappa shape index (κ1) is 16.7. The Kier molecular flexibility index (Phi) is 4.99. The molecule has 1 aliphatic heterocycles. The summed E-state index contributed by atoms with van der Waals surface area (Å²) in [5.41, 5.74) is 6.35. The number of hydrogen-bond donors (Lipinski definition) is 4. The molecular formula is C17H22N4O2S. The van der Waals surface area contributed by atoms with Crippen LogP contribution in [-0.2, 0) is 9.59 Å². The fourth-order valence-electron chi connectivity index (χ4n) is 3.01. The average Bonchev–Trinajstić information content (AvgIpc) is 3.00. The first-order valence-electron chi connectivity index (χ1n) is 8.20. The molecule has 0 spiro atoms. The number of carbonyl (C=O) groups is 2. The Bertz CT molecular complexity index is 643. The predicted octanol–water partition coefficient (Wildman–Crippen LogP) is 2.07. The smallest absolute Gasteiger partial charge is 0.275 e. The van der Waals surface area contributed by atoms with E-state index in [-0.39, 0.29) is 11.8 Å². The first-order chi connectivity index (χ1) is 11.6. The molecule has 1 aromatic rings. The third-order valence-electron chi connectivity index (χ3n) is 4.33. The lowest BCUT2D eigenvalue weighted by atomic mass is 9.89. The number of rotatable bonds is 5. The minimum absolute atomic E-state index is 0.0234. The number of thioether (sulfide) groups is 1. The van der Waals surface area contributed by atoms with Gasteiger partial charge in [0.05, 0.1) is 5.03 Å². The van der Waals surface area contributed by atoms with Crippen molar-refractivity contribution in [1.29, 1.82) is 0 Å². The molecule has 5 N–H and O–H groups in total. The van der Waals surface area contributed by atoms with E-state index in [0.717, 1.165) is 31.4 Å². The highest BCUT2D eigenvalue weighted by atomic mass is 32.2. The summed E-state index contributed by atoms with van der Waals surface area (Å²) in [6.45, 7) is 0. The van der Waals surface area contributed by atoms with Gasteiger partial charge in [-0.2, -0.15) is 0 Å². The number of nitrogens with two attached hydrogens (primary N) is 1. The Balaban J connectivity index is 1.64. The van der Waals surface area contributed by atoms with Crippen molar-refractivity contribution in [3.8, 4) is 0 Å². The van der Waals surface area contributed by atoms with E-state index in [1.54, 1.807) is 6.20 Å². The lowest BCUT2D eigenvalue weighted by molar-refractivity contribution is -0.125. The second-order valence-corrected chi connectivity index (χ2v) is 7.37. The van der Waals surface area contributed by atoms with Crippen LogP contribution < -0.4 is 21.7 Å². The highest BCUT2D eigenvalue weighted by Gasteiger charge is 2.42. The van der Waals surface area contributed by atoms with Crippen LogP contribution in [0.15, 0.2) is 41.6 Å². The van der Waals surface area contributed by atoms with Gasteiger partial charge in [-0.3, -0.25) is 9.59 Å². The molecule has 2 aliphatic rings. The zero-order chi connectivity index (χ0) is 17.0. The van der Waals surface area contributed by atoms with Crippen molar-refractivity contribution >= 4 is 29.3 Å². The summed E-state index contributed by atoms with van der Waals surface area (Å²) in [5.74, 6) is -0.462. The van der Waals surface area contributed by atoms with Crippen molar-refractivity contribution in [2.24, 2.45) is 11.7 Å². The van der Waals surface area contributed by atoms with Crippen molar-refractivity contribution in [2.45, 2.75) is 37.1 Å². The molecule has 7 heteroatoms. The average molecular weight is 346 g/mol. The van der Waals surface area contributed by atoms with Crippen molar-refractivity contribution in [3.63, 3.8) is 0 Å². The van der Waals surface area contributed by atoms with E-state index in [4.69, 9.17) is 5.73 Å². The van der Waals surface area contributed by atoms with Gasteiger partial charge in [-0.15, -0.1) is 0 Å². The molecule has 0 radical (unpaired) electrons. The number of hydrogen-bond acceptors (Lipinski definition) is 5. The number of nitrogens with one attached hydrogen (secondary N) is 3. The van der Waals surface area contributed by atoms with Crippen LogP contribution in [0, 0.1) is 5.92 Å². The first-order valence-corrected chi connectivity index (χ1v) is 9.01. The van der Waals surface area contributed by atoms with Gasteiger partial charge in [-0.05, 0) is 36.7 Å². The summed E-state index contributed by atoms with van der Waals surface area (Å²) in [7, 11) is 0. The second-order valence-electron chi connectivity index (χ2n) is 6.12. The Hall–Kier alpha value is -2.15. The maximum Gasteiger partial charge on any atom is 0.275 e. The van der Waals surface area contributed by atoms with Crippen molar-refractivity contribution in [1.82, 2.24) is 10.6 Å². The molecule has 1 fully saturated rings. The SMILES string of the molecule is NC(=O)C1(Nc2ccccc2)NC=C(NC(=O)C2CCCCC2)S1. The Labute approximate surface area is 145 Å². The highest BCUT2D eigenvalue weighted by molar-refractivity contribution is 8.05. The van der Waals surface area contributed by atoms with Crippen molar-refractivity contribution in [3.05, 3.63) is 41.6 Å². The third-order valence-corrected chi connectivity index (χ3v) is 5.50. The monoisotopic (exact) mass is 346 g/mol. The van der Waals surface area contributed by atoms with Crippen LogP contribution in [-0.4, -0.2) is 16.8 Å². The van der Waals surface area contributed by atoms with E-state index in [0.29, 0.717) is 5.03 Å². The molecule has 1 aromatic carbocycles. The quantitative estimate of drug-likeness (QED) is 0.654. The third kappa shape index (κ3) is 3.67. The molecule has 1 saturated carbocycles. The molecule has 0 saturated heterocycles. The summed E-state index contributed by atoms with van der Waals surface area (Å²) < 4.78 is 0. The number of para-hydroxylation sites is 1. The van der Waals surface area contributed by atoms with Gasteiger partial charge in [-0.25, -0.2) is 0 Å². The summed E-state index contributed by atoms with van der Waals surface area (Å²) >= 11 is 1.19. The van der Waals surface area contributed by atoms with E-state index in [1.807, 2.05) is 30.3 Å². The largest absolute Gasteiger partial charge is 0.365 e. The molecule has 24 heavy (non-hydrogen) atoms. The maximum absolute atomic E-state index is 12.4. The molecule has 6 nitrogen and oxygen atoms in total. The molecule has 1 unspecified atom stereocenters. The molecule has 1 atom stereocenters. The minimum atomic E-state index is -1.20. The maximum atomic E-state index is 12.4. The van der Waals surface area contributed by atoms with E-state index in [2.05, 4.69) is 16.0 Å². The second kappa shape index (κ2) is 7.17. The fourth-order valence-corrected chi connectivity index (χ4v) is 4.00. The number of benzene rings is 1. The molecule has 1 heterocycles. The van der Waals surface area contributed by atoms with E-state index < -0.39 is 10.9 Å². The van der Waals surface area contributed by atoms with Gasteiger partial charge in [-0.1, -0.05) is 37.5 Å². The topological polar surface area (TPSA) is 96.2 Å². The number of primary amides is 1. The van der Waals surface area contributed by atoms with E-state index in [9.17, 15) is 9.59 Å². The summed E-state index contributed by atoms with van der Waals surface area (Å²) in [6.07, 6.45) is 6.90. The van der Waals surface area contributed by atoms with Gasteiger partial charge in [0.1, 0.15) is 0 Å². The number of carbonyl (C=O) groups excluding carboxylic acids is 2. The van der Waals surface area contributed by atoms with Gasteiger partial charge in [0.2, 0.25) is 10.9 Å². The Morgan fingerprint density at radius 2 is 1.88 bits per heavy atom. The molecule has 0 bridgehead atoms. The lowest BCUT2D eigenvalue weighted by Crippen LogP contribution is -2.54. The van der Waals surface area contributed by atoms with Gasteiger partial charge < -0.3 is 21.7 Å². The number of anilines is 1. The normalized spacial score (nSPS) is 23.9. The zero-order valence-electron chi connectivity index (χ0n) is 13.4. The molecule has 1 aliphatic carbocycles. The lowest BCUT2D eigenvalue weighted by Gasteiger charge is -2.28. The van der Waals surface area contributed by atoms with E-state index in [1.165, 1.54) is 18.2 Å². The molecule has 0 aromatic heterocycles. The molecule has 3 rings (SSSR count). The Morgan fingerprint density at radius 1 is 1.17 bits per heavy atom. The van der Waals surface area contributed by atoms with Crippen LogP contribution in [0.2, 0.25) is 0 Å². The Morgan fingerprint density at radius 3 is 2.54 bits per heavy atom. The fraction of sp³-hybridized carbons (Fsp3) is 0.412. The van der Waals surface area contributed by atoms with Crippen LogP contribution in [0.1, 0.15) is 32.1 Å². The van der Waals surface area contributed by atoms with Gasteiger partial charge in [0, 0.05) is 17.8 Å².